The summed E-state index contributed by atoms with van der Waals surface area (Å²) in [5, 5.41) is 2.40. The number of aromatic amines is 1. The zero-order valence-corrected chi connectivity index (χ0v) is 6.48. The lowest BCUT2D eigenvalue weighted by Gasteiger charge is -1.94. The lowest BCUT2D eigenvalue weighted by atomic mass is 10.1. The molecule has 1 aliphatic heterocycles. The van der Waals surface area contributed by atoms with Gasteiger partial charge in [0.25, 0.3) is 0 Å². The summed E-state index contributed by atoms with van der Waals surface area (Å²) in [6.07, 6.45) is 5.89. The van der Waals surface area contributed by atoms with Gasteiger partial charge in [-0.1, -0.05) is 6.08 Å². The molecule has 0 fully saturated rings. The van der Waals surface area contributed by atoms with Crippen LogP contribution >= 0.6 is 0 Å². The average Bonchev–Trinajstić information content (AvgIpc) is 2.75. The zero-order valence-electron chi connectivity index (χ0n) is 6.48. The Morgan fingerprint density at radius 2 is 2.42 bits per heavy atom. The fourth-order valence-electron chi connectivity index (χ4n) is 2.02. The number of aromatic nitrogens is 1. The minimum atomic E-state index is 0.776. The summed E-state index contributed by atoms with van der Waals surface area (Å²) >= 11 is 0. The Hall–Kier alpha value is -1.53. The quantitative estimate of drug-likeness (QED) is 0.503. The lowest BCUT2D eigenvalue weighted by Crippen LogP contribution is -2.22. The molecule has 0 saturated carbocycles. The Morgan fingerprint density at radius 1 is 1.50 bits per heavy atom. The third-order valence-corrected chi connectivity index (χ3v) is 2.59. The predicted octanol–water partition coefficient (Wildman–Crippen LogP) is -0.554. The molecule has 0 amide bonds. The van der Waals surface area contributed by atoms with Gasteiger partial charge in [0.05, 0.1) is 0 Å². The second-order valence-corrected chi connectivity index (χ2v) is 3.27. The maximum atomic E-state index is 10.4. The first kappa shape index (κ1) is 6.04. The molecule has 2 heterocycles. The molecule has 2 bridgehead atoms. The van der Waals surface area contributed by atoms with E-state index in [1.165, 1.54) is 21.8 Å². The molecule has 0 spiro atoms. The first-order valence-corrected chi connectivity index (χ1v) is 4.04. The number of allylic oxidation sites excluding steroid dienone is 1. The second-order valence-electron chi connectivity index (χ2n) is 3.27. The van der Waals surface area contributed by atoms with Crippen molar-refractivity contribution in [3.8, 4) is 0 Å². The maximum absolute atomic E-state index is 10.4. The van der Waals surface area contributed by atoms with Gasteiger partial charge in [-0.25, -0.2) is 4.79 Å². The second kappa shape index (κ2) is 1.79. The molecule has 0 atom stereocenters. The molecule has 1 N–H and O–H groups in total. The van der Waals surface area contributed by atoms with E-state index in [1.54, 1.807) is 0 Å². The number of fused-ring (bicyclic) bond motifs is 5. The minimum absolute atomic E-state index is 0.776. The molecule has 3 rings (SSSR count). The van der Waals surface area contributed by atoms with Crippen LogP contribution in [0.4, 0.5) is 0 Å². The fourth-order valence-corrected chi connectivity index (χ4v) is 2.02. The summed E-state index contributed by atoms with van der Waals surface area (Å²) in [6.45, 7) is 0. The van der Waals surface area contributed by atoms with Crippen molar-refractivity contribution in [2.45, 2.75) is 12.8 Å². The van der Waals surface area contributed by atoms with E-state index in [2.05, 4.69) is 11.1 Å². The SMILES string of the molecule is O=C=C1C=c2c(c3[nH]c2=CC3)C1. The van der Waals surface area contributed by atoms with E-state index >= 15 is 0 Å². The molecule has 0 unspecified atom stereocenters. The zero-order chi connectivity index (χ0) is 8.13. The van der Waals surface area contributed by atoms with Gasteiger partial charge in [-0.15, -0.1) is 0 Å². The van der Waals surface area contributed by atoms with E-state index < -0.39 is 0 Å². The molecule has 0 saturated heterocycles. The summed E-state index contributed by atoms with van der Waals surface area (Å²) in [5.41, 5.74) is 3.37. The number of carbonyl (C=O) groups excluding carboxylic acids is 1. The third-order valence-electron chi connectivity index (χ3n) is 2.59. The Labute approximate surface area is 68.9 Å². The molecule has 1 aromatic rings. The van der Waals surface area contributed by atoms with Crippen molar-refractivity contribution in [2.24, 2.45) is 0 Å². The summed E-state index contributed by atoms with van der Waals surface area (Å²) < 4.78 is 0. The van der Waals surface area contributed by atoms with Gasteiger partial charge in [-0.3, -0.25) is 0 Å². The van der Waals surface area contributed by atoms with Crippen molar-refractivity contribution in [2.75, 3.05) is 0 Å². The van der Waals surface area contributed by atoms with E-state index in [4.69, 9.17) is 0 Å². The molecule has 1 aliphatic carbocycles. The number of hydrogen-bond donors (Lipinski definition) is 1. The topological polar surface area (TPSA) is 32.9 Å². The summed E-state index contributed by atoms with van der Waals surface area (Å²) in [5.74, 6) is 1.96. The largest absolute Gasteiger partial charge is 0.358 e. The third kappa shape index (κ3) is 0.544. The van der Waals surface area contributed by atoms with Gasteiger partial charge in [0.2, 0.25) is 0 Å². The van der Waals surface area contributed by atoms with Crippen molar-refractivity contribution in [3.05, 3.63) is 27.4 Å². The highest BCUT2D eigenvalue weighted by Gasteiger charge is 2.18. The van der Waals surface area contributed by atoms with Crippen molar-refractivity contribution < 1.29 is 4.79 Å². The van der Waals surface area contributed by atoms with E-state index in [-0.39, 0.29) is 0 Å². The predicted molar refractivity (Wildman–Crippen MR) is 45.6 cm³/mol. The van der Waals surface area contributed by atoms with Crippen LogP contribution in [0.3, 0.4) is 0 Å². The van der Waals surface area contributed by atoms with Crippen molar-refractivity contribution >= 4 is 18.1 Å². The molecule has 58 valence electrons. The first-order valence-electron chi connectivity index (χ1n) is 4.04. The molecule has 2 heteroatoms. The smallest absolute Gasteiger partial charge is 0.128 e. The lowest BCUT2D eigenvalue weighted by molar-refractivity contribution is 0.567. The van der Waals surface area contributed by atoms with Gasteiger partial charge >= 0.3 is 0 Å². The summed E-state index contributed by atoms with van der Waals surface area (Å²) in [4.78, 5) is 13.7. The van der Waals surface area contributed by atoms with Crippen LogP contribution in [-0.4, -0.2) is 10.9 Å². The first-order chi connectivity index (χ1) is 5.88. The van der Waals surface area contributed by atoms with Crippen LogP contribution in [0.1, 0.15) is 11.3 Å². The van der Waals surface area contributed by atoms with E-state index in [9.17, 15) is 4.79 Å². The molecule has 12 heavy (non-hydrogen) atoms. The van der Waals surface area contributed by atoms with Gasteiger partial charge in [-0.05, 0) is 11.6 Å². The van der Waals surface area contributed by atoms with E-state index in [0.29, 0.717) is 0 Å². The monoisotopic (exact) mass is 157 g/mol. The Balaban J connectivity index is 2.48. The Bertz CT molecular complexity index is 527. The van der Waals surface area contributed by atoms with Crippen LogP contribution in [0.25, 0.3) is 12.2 Å². The standard InChI is InChI=1S/C10H7NO/c12-5-6-3-7-8(4-6)10-2-1-9(7)11-10/h1,3,11H,2,4H2. The molecular formula is C10H7NO. The molecule has 2 aliphatic rings. The highest BCUT2D eigenvalue weighted by atomic mass is 16.1. The van der Waals surface area contributed by atoms with Crippen LogP contribution in [0, 0.1) is 0 Å². The molecule has 0 radical (unpaired) electrons. The highest BCUT2D eigenvalue weighted by molar-refractivity contribution is 5.74. The van der Waals surface area contributed by atoms with Crippen LogP contribution in [0.2, 0.25) is 0 Å². The number of hydrogen-bond acceptors (Lipinski definition) is 1. The molecule has 1 aromatic heterocycles. The van der Waals surface area contributed by atoms with E-state index in [0.717, 1.165) is 18.4 Å². The van der Waals surface area contributed by atoms with Crippen molar-refractivity contribution in [1.82, 2.24) is 4.98 Å². The highest BCUT2D eigenvalue weighted by Crippen LogP contribution is 2.15. The Morgan fingerprint density at radius 3 is 3.17 bits per heavy atom. The van der Waals surface area contributed by atoms with Gasteiger partial charge < -0.3 is 4.98 Å². The summed E-state index contributed by atoms with van der Waals surface area (Å²) in [7, 11) is 0. The van der Waals surface area contributed by atoms with Gasteiger partial charge in [-0.2, -0.15) is 0 Å². The minimum Gasteiger partial charge on any atom is -0.358 e. The van der Waals surface area contributed by atoms with Crippen molar-refractivity contribution in [1.29, 1.82) is 0 Å². The fraction of sp³-hybridized carbons (Fsp3) is 0.200. The van der Waals surface area contributed by atoms with E-state index in [1.807, 2.05) is 12.0 Å². The van der Waals surface area contributed by atoms with Crippen LogP contribution in [0.5, 0.6) is 0 Å². The number of H-pyrrole nitrogens is 1. The molecular weight excluding hydrogens is 150 g/mol. The maximum Gasteiger partial charge on any atom is 0.128 e. The van der Waals surface area contributed by atoms with Gasteiger partial charge in [0.15, 0.2) is 0 Å². The van der Waals surface area contributed by atoms with Crippen LogP contribution in [-0.2, 0) is 17.6 Å². The number of rotatable bonds is 0. The van der Waals surface area contributed by atoms with Gasteiger partial charge in [0.1, 0.15) is 5.94 Å². The molecule has 2 nitrogen and oxygen atoms in total. The Kier molecular flexibility index (Phi) is 0.902. The number of nitrogens with one attached hydrogen (secondary N) is 1. The summed E-state index contributed by atoms with van der Waals surface area (Å²) in [6, 6.07) is 0. The normalized spacial score (nSPS) is 16.8. The average molecular weight is 157 g/mol. The van der Waals surface area contributed by atoms with Crippen LogP contribution < -0.4 is 10.6 Å². The van der Waals surface area contributed by atoms with Gasteiger partial charge in [0, 0.05) is 34.7 Å². The molecule has 0 aromatic carbocycles. The van der Waals surface area contributed by atoms with Crippen LogP contribution in [0.15, 0.2) is 5.57 Å². The van der Waals surface area contributed by atoms with Crippen molar-refractivity contribution in [3.63, 3.8) is 0 Å².